The second kappa shape index (κ2) is 6.86. The molecule has 0 atom stereocenters. The van der Waals surface area contributed by atoms with Crippen LogP contribution in [0.2, 0.25) is 0 Å². The van der Waals surface area contributed by atoms with Crippen molar-refractivity contribution >= 4 is 34.4 Å². The average molecular weight is 255 g/mol. The van der Waals surface area contributed by atoms with Crippen LogP contribution in [0.5, 0.6) is 0 Å². The molecule has 1 aliphatic heterocycles. The molecule has 16 heavy (non-hydrogen) atoms. The van der Waals surface area contributed by atoms with Gasteiger partial charge < -0.3 is 0 Å². The Labute approximate surface area is 105 Å². The molecule has 0 spiro atoms. The number of fused-ring (bicyclic) bond motifs is 1. The van der Waals surface area contributed by atoms with Crippen molar-refractivity contribution in [2.75, 3.05) is 12.8 Å². The summed E-state index contributed by atoms with van der Waals surface area (Å²) < 4.78 is 0. The number of aliphatic imine (C=N–C) groups is 1. The largest absolute Gasteiger partial charge is 0.297 e. The van der Waals surface area contributed by atoms with Gasteiger partial charge in [0.25, 0.3) is 0 Å². The monoisotopic (exact) mass is 255 g/mol. The summed E-state index contributed by atoms with van der Waals surface area (Å²) in [6, 6.07) is 1.97. The molecule has 2 rings (SSSR count). The van der Waals surface area contributed by atoms with E-state index in [-0.39, 0.29) is 0 Å². The predicted molar refractivity (Wildman–Crippen MR) is 74.3 cm³/mol. The standard InChI is InChI=1S/C10H11NOS2.C2H6/c1-13-10-8-5-7(6-12)14-9(8)3-2-4-11-10;1-2/h5-6H,2-4H2,1H3;1-2H3. The lowest BCUT2D eigenvalue weighted by Gasteiger charge is -1.98. The summed E-state index contributed by atoms with van der Waals surface area (Å²) in [5, 5.41) is 1.09. The van der Waals surface area contributed by atoms with Crippen molar-refractivity contribution in [3.63, 3.8) is 0 Å². The van der Waals surface area contributed by atoms with Gasteiger partial charge in [-0.1, -0.05) is 13.8 Å². The van der Waals surface area contributed by atoms with Crippen LogP contribution in [0.3, 0.4) is 0 Å². The molecule has 2 nitrogen and oxygen atoms in total. The number of nitrogens with zero attached hydrogens (tertiary/aromatic N) is 1. The van der Waals surface area contributed by atoms with Gasteiger partial charge in [0.2, 0.25) is 0 Å². The maximum atomic E-state index is 10.7. The molecule has 0 aromatic carbocycles. The number of thioether (sulfide) groups is 1. The number of hydrogen-bond acceptors (Lipinski definition) is 4. The Morgan fingerprint density at radius 3 is 2.88 bits per heavy atom. The highest BCUT2D eigenvalue weighted by Gasteiger charge is 2.15. The minimum absolute atomic E-state index is 0.818. The van der Waals surface area contributed by atoms with Gasteiger partial charge in [-0.05, 0) is 25.2 Å². The van der Waals surface area contributed by atoms with Crippen LogP contribution in [0, 0.1) is 0 Å². The van der Waals surface area contributed by atoms with E-state index in [1.54, 1.807) is 23.1 Å². The molecular weight excluding hydrogens is 238 g/mol. The smallest absolute Gasteiger partial charge is 0.160 e. The Morgan fingerprint density at radius 1 is 1.50 bits per heavy atom. The fourth-order valence-corrected chi connectivity index (χ4v) is 3.26. The third kappa shape index (κ3) is 2.95. The van der Waals surface area contributed by atoms with Crippen LogP contribution in [0.25, 0.3) is 0 Å². The quantitative estimate of drug-likeness (QED) is 0.717. The first-order valence-electron chi connectivity index (χ1n) is 5.52. The van der Waals surface area contributed by atoms with Crippen molar-refractivity contribution < 1.29 is 4.79 Å². The predicted octanol–water partition coefficient (Wildman–Crippen LogP) is 3.64. The topological polar surface area (TPSA) is 29.4 Å². The van der Waals surface area contributed by atoms with E-state index in [1.165, 1.54) is 10.4 Å². The normalized spacial score (nSPS) is 14.1. The van der Waals surface area contributed by atoms with E-state index < -0.39 is 0 Å². The third-order valence-electron chi connectivity index (χ3n) is 2.19. The van der Waals surface area contributed by atoms with Gasteiger partial charge in [0.05, 0.1) is 9.92 Å². The lowest BCUT2D eigenvalue weighted by molar-refractivity contribution is 0.112. The maximum absolute atomic E-state index is 10.7. The SMILES string of the molecule is CC.CSC1=NCCCc2sc(C=O)cc21. The van der Waals surface area contributed by atoms with Crippen LogP contribution in [-0.2, 0) is 6.42 Å². The minimum atomic E-state index is 0.818. The molecule has 0 amide bonds. The Hall–Kier alpha value is -0.610. The molecule has 0 saturated heterocycles. The molecule has 0 fully saturated rings. The summed E-state index contributed by atoms with van der Waals surface area (Å²) in [7, 11) is 0. The summed E-state index contributed by atoms with van der Waals surface area (Å²) in [6.45, 7) is 4.91. The fraction of sp³-hybridized carbons (Fsp3) is 0.500. The van der Waals surface area contributed by atoms with Crippen LogP contribution < -0.4 is 0 Å². The first-order chi connectivity index (χ1) is 7.85. The molecule has 1 aliphatic rings. The first-order valence-corrected chi connectivity index (χ1v) is 7.56. The molecule has 0 bridgehead atoms. The van der Waals surface area contributed by atoms with Gasteiger partial charge >= 0.3 is 0 Å². The summed E-state index contributed by atoms with van der Waals surface area (Å²) in [4.78, 5) is 17.3. The van der Waals surface area contributed by atoms with E-state index in [0.29, 0.717) is 0 Å². The van der Waals surface area contributed by atoms with E-state index in [9.17, 15) is 4.79 Å². The van der Waals surface area contributed by atoms with Crippen LogP contribution in [0.4, 0.5) is 0 Å². The van der Waals surface area contributed by atoms with E-state index in [0.717, 1.165) is 35.6 Å². The lowest BCUT2D eigenvalue weighted by Crippen LogP contribution is -1.93. The van der Waals surface area contributed by atoms with Crippen molar-refractivity contribution in [3.05, 3.63) is 21.4 Å². The van der Waals surface area contributed by atoms with Crippen LogP contribution in [-0.4, -0.2) is 24.1 Å². The van der Waals surface area contributed by atoms with Crippen molar-refractivity contribution in [1.82, 2.24) is 0 Å². The molecular formula is C12H17NOS2. The van der Waals surface area contributed by atoms with Crippen molar-refractivity contribution in [2.24, 2.45) is 4.99 Å². The molecule has 0 aliphatic carbocycles. The van der Waals surface area contributed by atoms with Gasteiger partial charge in [-0.2, -0.15) is 0 Å². The number of carbonyl (C=O) groups excluding carboxylic acids is 1. The Morgan fingerprint density at radius 2 is 2.25 bits per heavy atom. The Kier molecular flexibility index (Phi) is 5.77. The molecule has 88 valence electrons. The Bertz CT molecular complexity index is 382. The number of aryl methyl sites for hydroxylation is 1. The fourth-order valence-electron chi connectivity index (χ4n) is 1.55. The highest BCUT2D eigenvalue weighted by atomic mass is 32.2. The number of thiophene rings is 1. The second-order valence-corrected chi connectivity index (χ2v) is 5.06. The van der Waals surface area contributed by atoms with Gasteiger partial charge in [0.15, 0.2) is 6.29 Å². The summed E-state index contributed by atoms with van der Waals surface area (Å²) in [5.74, 6) is 0. The molecule has 4 heteroatoms. The van der Waals surface area contributed by atoms with Gasteiger partial charge in [-0.25, -0.2) is 0 Å². The third-order valence-corrected chi connectivity index (χ3v) is 4.04. The van der Waals surface area contributed by atoms with Crippen LogP contribution in [0.1, 0.15) is 40.4 Å². The van der Waals surface area contributed by atoms with Crippen LogP contribution in [0.15, 0.2) is 11.1 Å². The lowest BCUT2D eigenvalue weighted by atomic mass is 10.2. The summed E-state index contributed by atoms with van der Waals surface area (Å²) in [6.07, 6.45) is 5.11. The molecule has 2 heterocycles. The average Bonchev–Trinajstić information content (AvgIpc) is 2.66. The summed E-state index contributed by atoms with van der Waals surface area (Å²) in [5.41, 5.74) is 1.18. The minimum Gasteiger partial charge on any atom is -0.297 e. The number of hydrogen-bond donors (Lipinski definition) is 0. The van der Waals surface area contributed by atoms with Crippen molar-refractivity contribution in [1.29, 1.82) is 0 Å². The van der Waals surface area contributed by atoms with Gasteiger partial charge in [0.1, 0.15) is 0 Å². The van der Waals surface area contributed by atoms with Gasteiger partial charge in [0, 0.05) is 17.0 Å². The maximum Gasteiger partial charge on any atom is 0.160 e. The first kappa shape index (κ1) is 13.5. The van der Waals surface area contributed by atoms with Crippen LogP contribution >= 0.6 is 23.1 Å². The zero-order valence-electron chi connectivity index (χ0n) is 9.95. The molecule has 1 aromatic rings. The van der Waals surface area contributed by atoms with E-state index >= 15 is 0 Å². The van der Waals surface area contributed by atoms with E-state index in [1.807, 2.05) is 26.2 Å². The number of aldehydes is 1. The van der Waals surface area contributed by atoms with Gasteiger partial charge in [-0.15, -0.1) is 23.1 Å². The number of rotatable bonds is 1. The van der Waals surface area contributed by atoms with Gasteiger partial charge in [-0.3, -0.25) is 9.79 Å². The van der Waals surface area contributed by atoms with Crippen molar-refractivity contribution in [2.45, 2.75) is 26.7 Å². The van der Waals surface area contributed by atoms with E-state index in [2.05, 4.69) is 4.99 Å². The molecule has 0 saturated carbocycles. The highest BCUT2D eigenvalue weighted by molar-refractivity contribution is 8.13. The van der Waals surface area contributed by atoms with E-state index in [4.69, 9.17) is 0 Å². The zero-order valence-corrected chi connectivity index (χ0v) is 11.6. The summed E-state index contributed by atoms with van der Waals surface area (Å²) >= 11 is 3.27. The zero-order chi connectivity index (χ0) is 12.0. The molecule has 0 radical (unpaired) electrons. The molecule has 0 N–H and O–H groups in total. The highest BCUT2D eigenvalue weighted by Crippen LogP contribution is 2.28. The van der Waals surface area contributed by atoms with Crippen molar-refractivity contribution in [3.8, 4) is 0 Å². The Balaban J connectivity index is 0.000000606. The second-order valence-electron chi connectivity index (χ2n) is 3.10. The molecule has 1 aromatic heterocycles. The molecule has 0 unspecified atom stereocenters. The number of carbonyl (C=O) groups is 1.